The monoisotopic (exact) mass is 408 g/mol. The Kier molecular flexibility index (Phi) is 8.79. The highest BCUT2D eigenvalue weighted by Gasteiger charge is 2.19. The Morgan fingerprint density at radius 2 is 1.73 bits per heavy atom. The van der Waals surface area contributed by atoms with Crippen molar-refractivity contribution in [3.05, 3.63) is 65.7 Å². The summed E-state index contributed by atoms with van der Waals surface area (Å²) in [4.78, 5) is 5.05. The molecular formula is C26H36N2O2. The number of methoxy groups -OCH3 is 2. The number of ether oxygens (including phenoxy) is 2. The Morgan fingerprint density at radius 1 is 1.00 bits per heavy atom. The number of likely N-dealkylation sites (tertiary alicyclic amines) is 1. The van der Waals surface area contributed by atoms with Gasteiger partial charge in [0.2, 0.25) is 0 Å². The zero-order valence-corrected chi connectivity index (χ0v) is 18.7. The molecule has 0 spiro atoms. The van der Waals surface area contributed by atoms with Crippen molar-refractivity contribution in [2.24, 2.45) is 5.92 Å². The van der Waals surface area contributed by atoms with Crippen molar-refractivity contribution in [3.8, 4) is 11.5 Å². The van der Waals surface area contributed by atoms with E-state index in [0.29, 0.717) is 0 Å². The molecule has 0 bridgehead atoms. The molecule has 4 heteroatoms. The summed E-state index contributed by atoms with van der Waals surface area (Å²) in [6.45, 7) is 5.62. The van der Waals surface area contributed by atoms with Gasteiger partial charge in [0.1, 0.15) is 11.5 Å². The fourth-order valence-corrected chi connectivity index (χ4v) is 4.08. The lowest BCUT2D eigenvalue weighted by Gasteiger charge is -2.33. The summed E-state index contributed by atoms with van der Waals surface area (Å²) in [5, 5.41) is 0. The quantitative estimate of drug-likeness (QED) is 0.573. The fraction of sp³-hybridized carbons (Fsp3) is 0.462. The lowest BCUT2D eigenvalue weighted by molar-refractivity contribution is 0.169. The lowest BCUT2D eigenvalue weighted by Crippen LogP contribution is -2.38. The van der Waals surface area contributed by atoms with E-state index >= 15 is 0 Å². The number of hydrogen-bond acceptors (Lipinski definition) is 4. The molecule has 3 rings (SSSR count). The number of rotatable bonds is 10. The van der Waals surface area contributed by atoms with Gasteiger partial charge in [-0.1, -0.05) is 42.5 Å². The molecule has 0 atom stereocenters. The largest absolute Gasteiger partial charge is 0.497 e. The maximum Gasteiger partial charge on any atom is 0.126 e. The van der Waals surface area contributed by atoms with Crippen LogP contribution in [0.15, 0.2) is 54.6 Å². The number of nitrogens with zero attached hydrogens (tertiary/aromatic N) is 2. The average molecular weight is 409 g/mol. The highest BCUT2D eigenvalue weighted by Crippen LogP contribution is 2.20. The molecule has 0 aromatic heterocycles. The molecule has 1 aliphatic heterocycles. The van der Waals surface area contributed by atoms with Gasteiger partial charge in [-0.3, -0.25) is 4.90 Å². The third kappa shape index (κ3) is 6.89. The van der Waals surface area contributed by atoms with Gasteiger partial charge in [0.05, 0.1) is 14.2 Å². The van der Waals surface area contributed by atoms with Gasteiger partial charge < -0.3 is 14.4 Å². The van der Waals surface area contributed by atoms with E-state index in [1.54, 1.807) is 14.2 Å². The molecule has 30 heavy (non-hydrogen) atoms. The lowest BCUT2D eigenvalue weighted by atomic mass is 9.96. The van der Waals surface area contributed by atoms with E-state index in [1.807, 2.05) is 12.1 Å². The van der Waals surface area contributed by atoms with Crippen LogP contribution in [0.4, 0.5) is 0 Å². The van der Waals surface area contributed by atoms with E-state index in [4.69, 9.17) is 9.47 Å². The third-order valence-corrected chi connectivity index (χ3v) is 6.03. The SMILES string of the molecule is COc1ccc(CCN(CC=Cc2ccccc2OC)CC2CCN(C)CC2)cc1. The third-order valence-electron chi connectivity index (χ3n) is 6.03. The molecule has 162 valence electrons. The molecule has 1 fully saturated rings. The Labute approximate surface area is 182 Å². The van der Waals surface area contributed by atoms with Crippen molar-refractivity contribution < 1.29 is 9.47 Å². The standard InChI is InChI=1S/C26H36N2O2/c1-27-18-14-23(15-19-27)21-28(20-16-22-10-12-25(29-2)13-11-22)17-6-8-24-7-4-5-9-26(24)30-3/h4-13,23H,14-21H2,1-3H3. The summed E-state index contributed by atoms with van der Waals surface area (Å²) in [5.74, 6) is 2.63. The van der Waals surface area contributed by atoms with Crippen LogP contribution in [0.25, 0.3) is 6.08 Å². The van der Waals surface area contributed by atoms with E-state index in [1.165, 1.54) is 38.0 Å². The summed E-state index contributed by atoms with van der Waals surface area (Å²) >= 11 is 0. The van der Waals surface area contributed by atoms with E-state index < -0.39 is 0 Å². The number of para-hydroxylation sites is 1. The molecule has 1 aliphatic rings. The first-order valence-electron chi connectivity index (χ1n) is 11.0. The predicted octanol–water partition coefficient (Wildman–Crippen LogP) is 4.60. The van der Waals surface area contributed by atoms with Gasteiger partial charge in [0.25, 0.3) is 0 Å². The minimum absolute atomic E-state index is 0.789. The van der Waals surface area contributed by atoms with Crippen LogP contribution >= 0.6 is 0 Å². The van der Waals surface area contributed by atoms with Crippen LogP contribution in [0.2, 0.25) is 0 Å². The normalized spacial score (nSPS) is 15.7. The van der Waals surface area contributed by atoms with Crippen molar-refractivity contribution in [2.45, 2.75) is 19.3 Å². The first-order valence-corrected chi connectivity index (χ1v) is 11.0. The maximum atomic E-state index is 5.48. The molecular weight excluding hydrogens is 372 g/mol. The predicted molar refractivity (Wildman–Crippen MR) is 125 cm³/mol. The van der Waals surface area contributed by atoms with Crippen molar-refractivity contribution in [2.75, 3.05) is 54.0 Å². The molecule has 2 aromatic carbocycles. The maximum absolute atomic E-state index is 5.48. The van der Waals surface area contributed by atoms with Crippen molar-refractivity contribution in [3.63, 3.8) is 0 Å². The molecule has 2 aromatic rings. The van der Waals surface area contributed by atoms with Crippen molar-refractivity contribution in [1.82, 2.24) is 9.80 Å². The Bertz CT molecular complexity index is 780. The summed E-state index contributed by atoms with van der Waals surface area (Å²) in [6, 6.07) is 16.7. The smallest absolute Gasteiger partial charge is 0.126 e. The first-order chi connectivity index (χ1) is 14.7. The molecule has 1 heterocycles. The molecule has 0 amide bonds. The van der Waals surface area contributed by atoms with E-state index in [9.17, 15) is 0 Å². The first kappa shape index (κ1) is 22.4. The molecule has 1 saturated heterocycles. The summed E-state index contributed by atoms with van der Waals surface area (Å²) in [7, 11) is 5.67. The van der Waals surface area contributed by atoms with E-state index in [-0.39, 0.29) is 0 Å². The van der Waals surface area contributed by atoms with Crippen LogP contribution in [0, 0.1) is 5.92 Å². The minimum Gasteiger partial charge on any atom is -0.497 e. The van der Waals surface area contributed by atoms with Crippen LogP contribution < -0.4 is 9.47 Å². The van der Waals surface area contributed by atoms with E-state index in [0.717, 1.165) is 42.5 Å². The summed E-state index contributed by atoms with van der Waals surface area (Å²) < 4.78 is 10.8. The number of benzene rings is 2. The molecule has 4 nitrogen and oxygen atoms in total. The fourth-order valence-electron chi connectivity index (χ4n) is 4.08. The van der Waals surface area contributed by atoms with Gasteiger partial charge in [-0.15, -0.1) is 0 Å². The molecule has 0 saturated carbocycles. The van der Waals surface area contributed by atoms with Gasteiger partial charge in [-0.05, 0) is 69.1 Å². The minimum atomic E-state index is 0.789. The number of piperidine rings is 1. The highest BCUT2D eigenvalue weighted by atomic mass is 16.5. The van der Waals surface area contributed by atoms with Crippen LogP contribution in [0.3, 0.4) is 0 Å². The Hall–Kier alpha value is -2.30. The summed E-state index contributed by atoms with van der Waals surface area (Å²) in [6.07, 6.45) is 8.12. The van der Waals surface area contributed by atoms with Gasteiger partial charge in [0.15, 0.2) is 0 Å². The van der Waals surface area contributed by atoms with Crippen molar-refractivity contribution >= 4 is 6.08 Å². The number of hydrogen-bond donors (Lipinski definition) is 0. The highest BCUT2D eigenvalue weighted by molar-refractivity contribution is 5.57. The van der Waals surface area contributed by atoms with Gasteiger partial charge in [-0.2, -0.15) is 0 Å². The van der Waals surface area contributed by atoms with E-state index in [2.05, 4.69) is 65.4 Å². The Morgan fingerprint density at radius 3 is 2.43 bits per heavy atom. The zero-order chi connectivity index (χ0) is 21.2. The van der Waals surface area contributed by atoms with Gasteiger partial charge >= 0.3 is 0 Å². The molecule has 0 aliphatic carbocycles. The second kappa shape index (κ2) is 11.8. The van der Waals surface area contributed by atoms with Crippen molar-refractivity contribution in [1.29, 1.82) is 0 Å². The second-order valence-electron chi connectivity index (χ2n) is 8.25. The Balaban J connectivity index is 1.61. The second-order valence-corrected chi connectivity index (χ2v) is 8.25. The van der Waals surface area contributed by atoms with Crippen LogP contribution in [-0.2, 0) is 6.42 Å². The molecule has 0 N–H and O–H groups in total. The van der Waals surface area contributed by atoms with Crippen LogP contribution in [0.5, 0.6) is 11.5 Å². The zero-order valence-electron chi connectivity index (χ0n) is 18.7. The van der Waals surface area contributed by atoms with Crippen LogP contribution in [-0.4, -0.2) is 63.8 Å². The van der Waals surface area contributed by atoms with Crippen LogP contribution in [0.1, 0.15) is 24.0 Å². The van der Waals surface area contributed by atoms with Gasteiger partial charge in [0, 0.05) is 25.2 Å². The topological polar surface area (TPSA) is 24.9 Å². The van der Waals surface area contributed by atoms with Gasteiger partial charge in [-0.25, -0.2) is 0 Å². The molecule has 0 unspecified atom stereocenters. The average Bonchev–Trinajstić information content (AvgIpc) is 2.79. The summed E-state index contributed by atoms with van der Waals surface area (Å²) in [5.41, 5.74) is 2.49. The molecule has 0 radical (unpaired) electrons.